The lowest BCUT2D eigenvalue weighted by Crippen LogP contribution is -2.58. The molecule has 0 bridgehead atoms. The van der Waals surface area contributed by atoms with Gasteiger partial charge in [-0.1, -0.05) is 30.3 Å². The van der Waals surface area contributed by atoms with Crippen LogP contribution >= 0.6 is 11.8 Å². The molecule has 0 radical (unpaired) electrons. The van der Waals surface area contributed by atoms with Crippen LogP contribution in [0.25, 0.3) is 0 Å². The molecule has 0 aliphatic carbocycles. The number of H-pyrrole nitrogens is 1. The first-order valence-electron chi connectivity index (χ1n) is 11.8. The molecular weight excluding hydrogens is 514 g/mol. The molecular formula is C24H33N7O6S. The summed E-state index contributed by atoms with van der Waals surface area (Å²) >= 11 is 1.44. The summed E-state index contributed by atoms with van der Waals surface area (Å²) in [4.78, 5) is 68.7. The number of rotatable bonds is 16. The number of primary amides is 1. The average Bonchev–Trinajstić information content (AvgIpc) is 3.38. The highest BCUT2D eigenvalue weighted by molar-refractivity contribution is 7.98. The van der Waals surface area contributed by atoms with E-state index in [2.05, 4.69) is 25.9 Å². The van der Waals surface area contributed by atoms with Crippen LogP contribution in [-0.4, -0.2) is 80.8 Å². The molecule has 9 N–H and O–H groups in total. The van der Waals surface area contributed by atoms with Crippen molar-refractivity contribution >= 4 is 41.4 Å². The lowest BCUT2D eigenvalue weighted by atomic mass is 10.0. The second-order valence-corrected chi connectivity index (χ2v) is 9.54. The predicted molar refractivity (Wildman–Crippen MR) is 141 cm³/mol. The molecule has 0 spiro atoms. The number of benzene rings is 1. The maximum Gasteiger partial charge on any atom is 0.326 e. The molecule has 13 nitrogen and oxygen atoms in total. The first kappa shape index (κ1) is 30.3. The highest BCUT2D eigenvalue weighted by atomic mass is 32.2. The van der Waals surface area contributed by atoms with Crippen molar-refractivity contribution < 1.29 is 29.1 Å². The van der Waals surface area contributed by atoms with E-state index in [0.717, 1.165) is 0 Å². The Morgan fingerprint density at radius 1 is 0.974 bits per heavy atom. The van der Waals surface area contributed by atoms with Crippen LogP contribution in [0, 0.1) is 0 Å². The van der Waals surface area contributed by atoms with Gasteiger partial charge in [-0.05, 0) is 24.0 Å². The summed E-state index contributed by atoms with van der Waals surface area (Å²) in [6, 6.07) is 4.07. The van der Waals surface area contributed by atoms with E-state index in [1.807, 2.05) is 6.26 Å². The van der Waals surface area contributed by atoms with Gasteiger partial charge in [0.15, 0.2) is 0 Å². The zero-order valence-corrected chi connectivity index (χ0v) is 21.7. The summed E-state index contributed by atoms with van der Waals surface area (Å²) in [7, 11) is 0. The first-order chi connectivity index (χ1) is 18.1. The number of hydrogen-bond donors (Lipinski definition) is 7. The molecule has 0 saturated heterocycles. The highest BCUT2D eigenvalue weighted by Gasteiger charge is 2.31. The van der Waals surface area contributed by atoms with Crippen LogP contribution in [0.15, 0.2) is 42.9 Å². The maximum absolute atomic E-state index is 13.4. The number of carboxylic acid groups (broad SMARTS) is 1. The number of amides is 4. The molecule has 1 aromatic heterocycles. The number of carbonyl (C=O) groups excluding carboxylic acids is 4. The van der Waals surface area contributed by atoms with Crippen molar-refractivity contribution in [2.75, 3.05) is 12.0 Å². The normalized spacial score (nSPS) is 13.9. The fraction of sp³-hybridized carbons (Fsp3) is 0.417. The Morgan fingerprint density at radius 2 is 1.58 bits per heavy atom. The van der Waals surface area contributed by atoms with Gasteiger partial charge in [-0.15, -0.1) is 0 Å². The number of carboxylic acids is 1. The van der Waals surface area contributed by atoms with Crippen LogP contribution in [0.4, 0.5) is 0 Å². The van der Waals surface area contributed by atoms with Crippen molar-refractivity contribution in [1.29, 1.82) is 0 Å². The van der Waals surface area contributed by atoms with E-state index < -0.39 is 60.2 Å². The number of aliphatic carboxylic acids is 1. The summed E-state index contributed by atoms with van der Waals surface area (Å²) in [6.45, 7) is 0. The third-order valence-electron chi connectivity index (χ3n) is 5.51. The third kappa shape index (κ3) is 10.2. The molecule has 14 heteroatoms. The minimum atomic E-state index is -1.27. The van der Waals surface area contributed by atoms with Crippen LogP contribution in [0.1, 0.15) is 24.1 Å². The number of hydrogen-bond acceptors (Lipinski definition) is 8. The van der Waals surface area contributed by atoms with Gasteiger partial charge in [0.05, 0.1) is 18.8 Å². The van der Waals surface area contributed by atoms with E-state index >= 15 is 0 Å². The van der Waals surface area contributed by atoms with E-state index in [0.29, 0.717) is 17.0 Å². The summed E-state index contributed by atoms with van der Waals surface area (Å²) < 4.78 is 0. The molecule has 4 amide bonds. The standard InChI is InChI=1S/C24H33N7O6S/c1-38-8-7-17(24(36)37)29-23(35)19(10-15-12-27-13-28-15)31-22(34)18(9-14-5-3-2-4-6-14)30-21(33)16(25)11-20(26)32/h2-6,12-13,16-19H,7-11,25H2,1H3,(H2,26,32)(H,27,28)(H,29,35)(H,30,33)(H,31,34)(H,36,37). The quantitative estimate of drug-likeness (QED) is 0.132. The number of aromatic nitrogens is 2. The van der Waals surface area contributed by atoms with Gasteiger partial charge in [0.1, 0.15) is 18.1 Å². The molecule has 0 saturated carbocycles. The molecule has 206 valence electrons. The topological polar surface area (TPSA) is 222 Å². The number of nitrogens with zero attached hydrogens (tertiary/aromatic N) is 1. The molecule has 4 atom stereocenters. The van der Waals surface area contributed by atoms with E-state index in [1.54, 1.807) is 30.3 Å². The smallest absolute Gasteiger partial charge is 0.326 e. The largest absolute Gasteiger partial charge is 0.480 e. The van der Waals surface area contributed by atoms with Crippen molar-refractivity contribution in [1.82, 2.24) is 25.9 Å². The number of nitrogens with one attached hydrogen (secondary N) is 4. The van der Waals surface area contributed by atoms with Crippen molar-refractivity contribution in [3.05, 3.63) is 54.1 Å². The van der Waals surface area contributed by atoms with Gasteiger partial charge >= 0.3 is 5.97 Å². The van der Waals surface area contributed by atoms with Crippen molar-refractivity contribution in [3.8, 4) is 0 Å². The fourth-order valence-corrected chi connectivity index (χ4v) is 3.98. The maximum atomic E-state index is 13.4. The number of nitrogens with two attached hydrogens (primary N) is 2. The van der Waals surface area contributed by atoms with E-state index in [4.69, 9.17) is 11.5 Å². The number of aromatic amines is 1. The van der Waals surface area contributed by atoms with Gasteiger partial charge in [-0.2, -0.15) is 11.8 Å². The van der Waals surface area contributed by atoms with Crippen molar-refractivity contribution in [2.24, 2.45) is 11.5 Å². The van der Waals surface area contributed by atoms with E-state index in [1.165, 1.54) is 24.3 Å². The number of imidazole rings is 1. The van der Waals surface area contributed by atoms with Crippen LogP contribution < -0.4 is 27.4 Å². The van der Waals surface area contributed by atoms with Crippen LogP contribution in [0.5, 0.6) is 0 Å². The van der Waals surface area contributed by atoms with Gasteiger partial charge in [0.25, 0.3) is 0 Å². The predicted octanol–water partition coefficient (Wildman–Crippen LogP) is -1.31. The Kier molecular flexibility index (Phi) is 12.3. The van der Waals surface area contributed by atoms with E-state index in [9.17, 15) is 29.1 Å². The minimum Gasteiger partial charge on any atom is -0.480 e. The summed E-state index contributed by atoms with van der Waals surface area (Å²) in [6.07, 6.45) is 4.52. The molecule has 2 rings (SSSR count). The molecule has 38 heavy (non-hydrogen) atoms. The lowest BCUT2D eigenvalue weighted by molar-refractivity contribution is -0.142. The molecule has 1 aromatic carbocycles. The molecule has 0 aliphatic rings. The first-order valence-corrected chi connectivity index (χ1v) is 13.2. The Bertz CT molecular complexity index is 1080. The molecule has 4 unspecified atom stereocenters. The SMILES string of the molecule is CSCCC(NC(=O)C(Cc1cnc[nH]1)NC(=O)C(Cc1ccccc1)NC(=O)C(N)CC(N)=O)C(=O)O. The number of carbonyl (C=O) groups is 5. The Morgan fingerprint density at radius 3 is 2.13 bits per heavy atom. The Hall–Kier alpha value is -3.91. The second-order valence-electron chi connectivity index (χ2n) is 8.55. The summed E-state index contributed by atoms with van der Waals surface area (Å²) in [5.74, 6) is -3.65. The van der Waals surface area contributed by atoms with Gasteiger partial charge in [-0.3, -0.25) is 19.2 Å². The van der Waals surface area contributed by atoms with E-state index in [-0.39, 0.29) is 19.3 Å². The number of thioether (sulfide) groups is 1. The van der Waals surface area contributed by atoms with Gasteiger partial charge in [-0.25, -0.2) is 9.78 Å². The Labute approximate surface area is 223 Å². The zero-order chi connectivity index (χ0) is 28.1. The van der Waals surface area contributed by atoms with Gasteiger partial charge in [0.2, 0.25) is 23.6 Å². The van der Waals surface area contributed by atoms with Crippen LogP contribution in [-0.2, 0) is 36.8 Å². The molecule has 0 aliphatic heterocycles. The molecule has 0 fully saturated rings. The third-order valence-corrected chi connectivity index (χ3v) is 6.15. The van der Waals surface area contributed by atoms with Gasteiger partial charge in [0, 0.05) is 24.7 Å². The van der Waals surface area contributed by atoms with Crippen molar-refractivity contribution in [2.45, 2.75) is 49.9 Å². The van der Waals surface area contributed by atoms with Crippen LogP contribution in [0.3, 0.4) is 0 Å². The fourth-order valence-electron chi connectivity index (χ4n) is 3.51. The van der Waals surface area contributed by atoms with Crippen molar-refractivity contribution in [3.63, 3.8) is 0 Å². The lowest BCUT2D eigenvalue weighted by Gasteiger charge is -2.25. The van der Waals surface area contributed by atoms with Gasteiger partial charge < -0.3 is 37.5 Å². The molecule has 2 aromatic rings. The second kappa shape index (κ2) is 15.4. The summed E-state index contributed by atoms with van der Waals surface area (Å²) in [5, 5.41) is 17.1. The minimum absolute atomic E-state index is 0.0143. The highest BCUT2D eigenvalue weighted by Crippen LogP contribution is 2.08. The Balaban J connectivity index is 2.25. The average molecular weight is 548 g/mol. The molecule has 1 heterocycles. The van der Waals surface area contributed by atoms with Crippen LogP contribution in [0.2, 0.25) is 0 Å². The summed E-state index contributed by atoms with van der Waals surface area (Å²) in [5.41, 5.74) is 12.1. The zero-order valence-electron chi connectivity index (χ0n) is 20.9. The monoisotopic (exact) mass is 547 g/mol.